The summed E-state index contributed by atoms with van der Waals surface area (Å²) in [4.78, 5) is 4.29. The first-order valence-electron chi connectivity index (χ1n) is 8.96. The van der Waals surface area contributed by atoms with E-state index in [0.29, 0.717) is 13.2 Å². The van der Waals surface area contributed by atoms with E-state index >= 15 is 0 Å². The van der Waals surface area contributed by atoms with Gasteiger partial charge in [-0.2, -0.15) is 0 Å². The van der Waals surface area contributed by atoms with Crippen LogP contribution in [0.15, 0.2) is 47.5 Å². The van der Waals surface area contributed by atoms with Gasteiger partial charge >= 0.3 is 0 Å². The van der Waals surface area contributed by atoms with Gasteiger partial charge in [-0.05, 0) is 43.5 Å². The van der Waals surface area contributed by atoms with E-state index in [-0.39, 0.29) is 24.0 Å². The summed E-state index contributed by atoms with van der Waals surface area (Å²) in [6, 6.07) is 14.3. The van der Waals surface area contributed by atoms with Gasteiger partial charge in [0.1, 0.15) is 11.5 Å². The Kier molecular flexibility index (Phi) is 10.6. The second-order valence-corrected chi connectivity index (χ2v) is 5.96. The van der Waals surface area contributed by atoms with E-state index in [2.05, 4.69) is 40.7 Å². The molecule has 27 heavy (non-hydrogen) atoms. The quantitative estimate of drug-likeness (QED) is 0.340. The molecule has 0 aliphatic heterocycles. The Bertz CT molecular complexity index is 735. The minimum atomic E-state index is 0. The van der Waals surface area contributed by atoms with Gasteiger partial charge in [-0.15, -0.1) is 24.0 Å². The van der Waals surface area contributed by atoms with Gasteiger partial charge in [0, 0.05) is 25.7 Å². The van der Waals surface area contributed by atoms with Crippen molar-refractivity contribution in [2.24, 2.45) is 4.99 Å². The summed E-state index contributed by atoms with van der Waals surface area (Å²) >= 11 is 0. The standard InChI is InChI=1S/C21H29N3O2.HI/c1-5-26-19-9-7-6-8-17(19)12-13-23-21(22-3)24-15-18-11-10-16(2)14-20(18)25-4;/h6-11,14H,5,12-13,15H2,1-4H3,(H2,22,23,24);1H. The molecular formula is C21H30IN3O2. The van der Waals surface area contributed by atoms with Gasteiger partial charge in [-0.3, -0.25) is 4.99 Å². The number of nitrogens with zero attached hydrogens (tertiary/aromatic N) is 1. The van der Waals surface area contributed by atoms with Crippen LogP contribution in [0.25, 0.3) is 0 Å². The zero-order chi connectivity index (χ0) is 18.8. The number of rotatable bonds is 8. The lowest BCUT2D eigenvalue weighted by Crippen LogP contribution is -2.38. The fourth-order valence-corrected chi connectivity index (χ4v) is 2.72. The van der Waals surface area contributed by atoms with E-state index in [1.807, 2.05) is 31.2 Å². The lowest BCUT2D eigenvalue weighted by Gasteiger charge is -2.15. The maximum atomic E-state index is 5.67. The Balaban J connectivity index is 0.00000364. The van der Waals surface area contributed by atoms with Gasteiger partial charge in [0.05, 0.1) is 13.7 Å². The normalized spacial score (nSPS) is 10.7. The summed E-state index contributed by atoms with van der Waals surface area (Å²) in [6.45, 7) is 6.15. The summed E-state index contributed by atoms with van der Waals surface area (Å²) in [5.74, 6) is 2.60. The average Bonchev–Trinajstić information content (AvgIpc) is 2.66. The Hall–Kier alpha value is -1.96. The number of para-hydroxylation sites is 1. The Labute approximate surface area is 179 Å². The van der Waals surface area contributed by atoms with Crippen LogP contribution in [-0.2, 0) is 13.0 Å². The smallest absolute Gasteiger partial charge is 0.191 e. The predicted octanol–water partition coefficient (Wildman–Crippen LogP) is 3.93. The first-order valence-corrected chi connectivity index (χ1v) is 8.96. The molecule has 0 bridgehead atoms. The van der Waals surface area contributed by atoms with Crippen LogP contribution in [0.1, 0.15) is 23.6 Å². The SMILES string of the molecule is CCOc1ccccc1CCNC(=NC)NCc1ccc(C)cc1OC.I. The van der Waals surface area contributed by atoms with Crippen molar-refractivity contribution in [2.45, 2.75) is 26.8 Å². The lowest BCUT2D eigenvalue weighted by molar-refractivity contribution is 0.336. The molecule has 0 amide bonds. The molecule has 0 spiro atoms. The molecule has 2 rings (SSSR count). The molecule has 2 aromatic carbocycles. The highest BCUT2D eigenvalue weighted by atomic mass is 127. The molecule has 0 fully saturated rings. The van der Waals surface area contributed by atoms with E-state index < -0.39 is 0 Å². The third-order valence-electron chi connectivity index (χ3n) is 4.07. The number of benzene rings is 2. The number of halogens is 1. The molecule has 0 atom stereocenters. The van der Waals surface area contributed by atoms with E-state index in [1.165, 1.54) is 11.1 Å². The maximum Gasteiger partial charge on any atom is 0.191 e. The molecule has 5 nitrogen and oxygen atoms in total. The van der Waals surface area contributed by atoms with E-state index in [1.54, 1.807) is 14.2 Å². The predicted molar refractivity (Wildman–Crippen MR) is 123 cm³/mol. The molecule has 0 unspecified atom stereocenters. The van der Waals surface area contributed by atoms with Crippen LogP contribution in [0.2, 0.25) is 0 Å². The number of nitrogens with one attached hydrogen (secondary N) is 2. The Morgan fingerprint density at radius 2 is 1.81 bits per heavy atom. The van der Waals surface area contributed by atoms with Crippen LogP contribution in [0, 0.1) is 6.92 Å². The summed E-state index contributed by atoms with van der Waals surface area (Å²) in [6.07, 6.45) is 0.866. The second-order valence-electron chi connectivity index (χ2n) is 5.96. The molecule has 0 radical (unpaired) electrons. The molecule has 6 heteroatoms. The highest BCUT2D eigenvalue weighted by molar-refractivity contribution is 14.0. The number of ether oxygens (including phenoxy) is 2. The molecule has 0 aromatic heterocycles. The first-order chi connectivity index (χ1) is 12.7. The zero-order valence-corrected chi connectivity index (χ0v) is 18.9. The van der Waals surface area contributed by atoms with Gasteiger partial charge in [-0.25, -0.2) is 0 Å². The summed E-state index contributed by atoms with van der Waals surface area (Å²) in [7, 11) is 3.47. The Morgan fingerprint density at radius 3 is 2.52 bits per heavy atom. The van der Waals surface area contributed by atoms with Crippen LogP contribution in [0.4, 0.5) is 0 Å². The minimum absolute atomic E-state index is 0. The lowest BCUT2D eigenvalue weighted by atomic mass is 10.1. The van der Waals surface area contributed by atoms with Crippen molar-refractivity contribution >= 4 is 29.9 Å². The summed E-state index contributed by atoms with van der Waals surface area (Å²) in [5.41, 5.74) is 3.47. The van der Waals surface area contributed by atoms with Gasteiger partial charge in [0.25, 0.3) is 0 Å². The van der Waals surface area contributed by atoms with Crippen LogP contribution < -0.4 is 20.1 Å². The average molecular weight is 483 g/mol. The zero-order valence-electron chi connectivity index (χ0n) is 16.5. The molecule has 0 aliphatic rings. The molecule has 0 aliphatic carbocycles. The van der Waals surface area contributed by atoms with Crippen LogP contribution in [-0.4, -0.2) is 33.3 Å². The summed E-state index contributed by atoms with van der Waals surface area (Å²) in [5, 5.41) is 6.68. The largest absolute Gasteiger partial charge is 0.496 e. The van der Waals surface area contributed by atoms with E-state index in [4.69, 9.17) is 9.47 Å². The van der Waals surface area contributed by atoms with Crippen molar-refractivity contribution in [3.8, 4) is 11.5 Å². The van der Waals surface area contributed by atoms with Crippen LogP contribution >= 0.6 is 24.0 Å². The first kappa shape index (κ1) is 23.1. The molecule has 0 saturated heterocycles. The van der Waals surface area contributed by atoms with Crippen molar-refractivity contribution in [1.82, 2.24) is 10.6 Å². The second kappa shape index (κ2) is 12.4. The van der Waals surface area contributed by atoms with Crippen molar-refractivity contribution in [3.05, 3.63) is 59.2 Å². The number of aliphatic imine (C=N–C) groups is 1. The molecule has 2 aromatic rings. The highest BCUT2D eigenvalue weighted by Gasteiger charge is 2.06. The fraction of sp³-hybridized carbons (Fsp3) is 0.381. The van der Waals surface area contributed by atoms with Gasteiger partial charge in [-0.1, -0.05) is 30.3 Å². The minimum Gasteiger partial charge on any atom is -0.496 e. The number of hydrogen-bond acceptors (Lipinski definition) is 3. The van der Waals surface area contributed by atoms with Gasteiger partial charge in [0.15, 0.2) is 5.96 Å². The molecule has 0 saturated carbocycles. The van der Waals surface area contributed by atoms with Gasteiger partial charge < -0.3 is 20.1 Å². The molecule has 2 N–H and O–H groups in total. The van der Waals surface area contributed by atoms with E-state index in [9.17, 15) is 0 Å². The number of hydrogen-bond donors (Lipinski definition) is 2. The number of guanidine groups is 1. The third-order valence-corrected chi connectivity index (χ3v) is 4.07. The monoisotopic (exact) mass is 483 g/mol. The molecular weight excluding hydrogens is 453 g/mol. The number of methoxy groups -OCH3 is 1. The molecule has 0 heterocycles. The maximum absolute atomic E-state index is 5.67. The highest BCUT2D eigenvalue weighted by Crippen LogP contribution is 2.20. The van der Waals surface area contributed by atoms with Crippen molar-refractivity contribution in [3.63, 3.8) is 0 Å². The topological polar surface area (TPSA) is 54.9 Å². The van der Waals surface area contributed by atoms with Crippen molar-refractivity contribution in [1.29, 1.82) is 0 Å². The number of aryl methyl sites for hydroxylation is 1. The van der Waals surface area contributed by atoms with Gasteiger partial charge in [0.2, 0.25) is 0 Å². The Morgan fingerprint density at radius 1 is 1.04 bits per heavy atom. The third kappa shape index (κ3) is 7.28. The summed E-state index contributed by atoms with van der Waals surface area (Å²) < 4.78 is 11.1. The van der Waals surface area contributed by atoms with Crippen molar-refractivity contribution < 1.29 is 9.47 Å². The van der Waals surface area contributed by atoms with Crippen LogP contribution in [0.3, 0.4) is 0 Å². The molecule has 148 valence electrons. The fourth-order valence-electron chi connectivity index (χ4n) is 2.72. The van der Waals surface area contributed by atoms with E-state index in [0.717, 1.165) is 36.0 Å². The van der Waals surface area contributed by atoms with Crippen molar-refractivity contribution in [2.75, 3.05) is 27.3 Å². The van der Waals surface area contributed by atoms with Crippen LogP contribution in [0.5, 0.6) is 11.5 Å².